The highest BCUT2D eigenvalue weighted by atomic mass is 32.2. The van der Waals surface area contributed by atoms with Crippen LogP contribution in [0.15, 0.2) is 76.0 Å². The maximum Gasteiger partial charge on any atom is 0.285 e. The Bertz CT molecular complexity index is 1030. The zero-order valence-corrected chi connectivity index (χ0v) is 14.9. The molecule has 0 aliphatic carbocycles. The average molecular weight is 383 g/mol. The van der Waals surface area contributed by atoms with E-state index in [2.05, 4.69) is 25.2 Å². The molecule has 9 nitrogen and oxygen atoms in total. The predicted octanol–water partition coefficient (Wildman–Crippen LogP) is 1.93. The monoisotopic (exact) mass is 383 g/mol. The van der Waals surface area contributed by atoms with Crippen LogP contribution in [-0.4, -0.2) is 24.6 Å². The van der Waals surface area contributed by atoms with Gasteiger partial charge in [-0.25, -0.2) is 0 Å². The first kappa shape index (κ1) is 18.1. The van der Waals surface area contributed by atoms with Crippen LogP contribution in [0.4, 0.5) is 23.0 Å². The van der Waals surface area contributed by atoms with E-state index >= 15 is 0 Å². The normalized spacial score (nSPS) is 10.8. The Hall–Kier alpha value is -3.66. The van der Waals surface area contributed by atoms with Crippen LogP contribution in [0.1, 0.15) is 0 Å². The molecule has 0 atom stereocenters. The second-order valence-electron chi connectivity index (χ2n) is 5.44. The molecule has 0 unspecified atom stereocenters. The fraction of sp³-hybridized carbons (Fsp3) is 0. The lowest BCUT2D eigenvalue weighted by Gasteiger charge is -2.08. The summed E-state index contributed by atoms with van der Waals surface area (Å²) in [6, 6.07) is 19.1. The molecule has 0 radical (unpaired) electrons. The Balaban J connectivity index is 1.68. The van der Waals surface area contributed by atoms with Crippen LogP contribution in [0.3, 0.4) is 0 Å². The second-order valence-corrected chi connectivity index (χ2v) is 7.04. The Kier molecular flexibility index (Phi) is 5.18. The van der Waals surface area contributed by atoms with Crippen molar-refractivity contribution in [1.29, 1.82) is 0 Å². The Labute approximate surface area is 156 Å². The number of sulfonamides is 1. The van der Waals surface area contributed by atoms with Crippen molar-refractivity contribution in [1.82, 2.24) is 10.2 Å². The highest BCUT2D eigenvalue weighted by Crippen LogP contribution is 2.20. The van der Waals surface area contributed by atoms with Crippen molar-refractivity contribution in [2.75, 3.05) is 10.6 Å². The van der Waals surface area contributed by atoms with Gasteiger partial charge in [0.1, 0.15) is 0 Å². The number of nitrogens with one attached hydrogen (secondary N) is 2. The number of nitrogens with two attached hydrogens (primary N) is 2. The standard InChI is InChI=1S/C17H17N7O2S/c18-17(19)24-27(25,26)14-8-6-13(7-9-14)21-16-11-10-15(22-23-16)20-12-4-2-1-3-5-12/h1-11H,(H,20,22)(H,21,23)(H4,18,19,24). The van der Waals surface area contributed by atoms with Gasteiger partial charge in [-0.05, 0) is 48.5 Å². The molecule has 0 amide bonds. The molecule has 0 spiro atoms. The first-order chi connectivity index (χ1) is 12.9. The number of hydrogen-bond donors (Lipinski definition) is 4. The molecule has 0 saturated carbocycles. The van der Waals surface area contributed by atoms with E-state index in [1.54, 1.807) is 24.3 Å². The largest absolute Gasteiger partial charge is 0.369 e. The van der Waals surface area contributed by atoms with Crippen molar-refractivity contribution in [2.24, 2.45) is 15.9 Å². The van der Waals surface area contributed by atoms with Gasteiger partial charge in [-0.15, -0.1) is 14.6 Å². The number of guanidine groups is 1. The van der Waals surface area contributed by atoms with Gasteiger partial charge in [0, 0.05) is 11.4 Å². The summed E-state index contributed by atoms with van der Waals surface area (Å²) in [5, 5.41) is 14.3. The molecule has 0 aliphatic heterocycles. The van der Waals surface area contributed by atoms with Crippen LogP contribution in [0.2, 0.25) is 0 Å². The summed E-state index contributed by atoms with van der Waals surface area (Å²) in [5.74, 6) is 0.593. The summed E-state index contributed by atoms with van der Waals surface area (Å²) in [5.41, 5.74) is 11.8. The molecular weight excluding hydrogens is 366 g/mol. The van der Waals surface area contributed by atoms with E-state index in [-0.39, 0.29) is 4.90 Å². The molecule has 1 aromatic heterocycles. The van der Waals surface area contributed by atoms with Crippen LogP contribution >= 0.6 is 0 Å². The van der Waals surface area contributed by atoms with E-state index in [1.165, 1.54) is 12.1 Å². The maximum atomic E-state index is 11.9. The first-order valence-corrected chi connectivity index (χ1v) is 9.25. The summed E-state index contributed by atoms with van der Waals surface area (Å²) in [6.45, 7) is 0. The number of nitrogens with zero attached hydrogens (tertiary/aromatic N) is 3. The number of para-hydroxylation sites is 1. The average Bonchev–Trinajstić information content (AvgIpc) is 2.64. The molecule has 6 N–H and O–H groups in total. The lowest BCUT2D eigenvalue weighted by atomic mass is 10.3. The molecule has 138 valence electrons. The van der Waals surface area contributed by atoms with Gasteiger partial charge in [-0.2, -0.15) is 8.42 Å². The van der Waals surface area contributed by atoms with E-state index in [0.29, 0.717) is 17.3 Å². The van der Waals surface area contributed by atoms with Crippen molar-refractivity contribution in [3.63, 3.8) is 0 Å². The molecule has 0 bridgehead atoms. The second kappa shape index (κ2) is 7.70. The first-order valence-electron chi connectivity index (χ1n) is 7.81. The van der Waals surface area contributed by atoms with Gasteiger partial charge in [0.15, 0.2) is 11.6 Å². The van der Waals surface area contributed by atoms with E-state index in [0.717, 1.165) is 5.69 Å². The third-order valence-electron chi connectivity index (χ3n) is 3.36. The molecule has 3 aromatic rings. The van der Waals surface area contributed by atoms with Gasteiger partial charge >= 0.3 is 0 Å². The number of aromatic nitrogens is 2. The number of hydrogen-bond acceptors (Lipinski definition) is 6. The molecule has 3 rings (SSSR count). The van der Waals surface area contributed by atoms with Gasteiger partial charge in [-0.1, -0.05) is 18.2 Å². The van der Waals surface area contributed by atoms with E-state index < -0.39 is 16.0 Å². The molecule has 0 fully saturated rings. The lowest BCUT2D eigenvalue weighted by Crippen LogP contribution is -2.24. The van der Waals surface area contributed by atoms with Gasteiger partial charge in [0.2, 0.25) is 5.96 Å². The van der Waals surface area contributed by atoms with Gasteiger partial charge < -0.3 is 22.1 Å². The fourth-order valence-electron chi connectivity index (χ4n) is 2.18. The van der Waals surface area contributed by atoms with Crippen molar-refractivity contribution in [3.05, 3.63) is 66.7 Å². The third-order valence-corrected chi connectivity index (χ3v) is 4.68. The topological polar surface area (TPSA) is 148 Å². The Morgan fingerprint density at radius 1 is 0.778 bits per heavy atom. The SMILES string of the molecule is NC(N)=NS(=O)(=O)c1ccc(Nc2ccc(Nc3ccccc3)nn2)cc1. The molecular formula is C17H17N7O2S. The lowest BCUT2D eigenvalue weighted by molar-refractivity contribution is 0.598. The summed E-state index contributed by atoms with van der Waals surface area (Å²) >= 11 is 0. The van der Waals surface area contributed by atoms with Crippen LogP contribution in [0.25, 0.3) is 0 Å². The van der Waals surface area contributed by atoms with Crippen molar-refractivity contribution < 1.29 is 8.42 Å². The van der Waals surface area contributed by atoms with E-state index in [4.69, 9.17) is 11.5 Å². The van der Waals surface area contributed by atoms with E-state index in [9.17, 15) is 8.42 Å². The van der Waals surface area contributed by atoms with Crippen LogP contribution < -0.4 is 22.1 Å². The summed E-state index contributed by atoms with van der Waals surface area (Å²) in [7, 11) is -3.91. The summed E-state index contributed by atoms with van der Waals surface area (Å²) in [4.78, 5) is -0.0186. The minimum Gasteiger partial charge on any atom is -0.369 e. The van der Waals surface area contributed by atoms with Crippen molar-refractivity contribution >= 4 is 39.0 Å². The Morgan fingerprint density at radius 3 is 1.78 bits per heavy atom. The smallest absolute Gasteiger partial charge is 0.285 e. The van der Waals surface area contributed by atoms with Gasteiger partial charge in [-0.3, -0.25) is 0 Å². The predicted molar refractivity (Wildman–Crippen MR) is 104 cm³/mol. The number of benzene rings is 2. The highest BCUT2D eigenvalue weighted by molar-refractivity contribution is 7.90. The minimum absolute atomic E-state index is 0.0186. The summed E-state index contributed by atoms with van der Waals surface area (Å²) < 4.78 is 27.0. The maximum absolute atomic E-state index is 11.9. The summed E-state index contributed by atoms with van der Waals surface area (Å²) in [6.07, 6.45) is 0. The van der Waals surface area contributed by atoms with Crippen LogP contribution in [-0.2, 0) is 10.0 Å². The molecule has 2 aromatic carbocycles. The molecule has 0 saturated heterocycles. The molecule has 27 heavy (non-hydrogen) atoms. The highest BCUT2D eigenvalue weighted by Gasteiger charge is 2.12. The van der Waals surface area contributed by atoms with Gasteiger partial charge in [0.05, 0.1) is 4.90 Å². The fourth-order valence-corrected chi connectivity index (χ4v) is 3.05. The van der Waals surface area contributed by atoms with Gasteiger partial charge in [0.25, 0.3) is 10.0 Å². The van der Waals surface area contributed by atoms with Crippen molar-refractivity contribution in [3.8, 4) is 0 Å². The quantitative estimate of drug-likeness (QED) is 0.373. The zero-order chi connectivity index (χ0) is 19.3. The molecule has 0 aliphatic rings. The van der Waals surface area contributed by atoms with Crippen LogP contribution in [0.5, 0.6) is 0 Å². The molecule has 10 heteroatoms. The minimum atomic E-state index is -3.91. The molecule has 1 heterocycles. The number of rotatable bonds is 6. The third kappa shape index (κ3) is 4.92. The van der Waals surface area contributed by atoms with Crippen molar-refractivity contribution in [2.45, 2.75) is 4.90 Å². The zero-order valence-electron chi connectivity index (χ0n) is 14.1. The number of anilines is 4. The Morgan fingerprint density at radius 2 is 1.30 bits per heavy atom. The van der Waals surface area contributed by atoms with E-state index in [1.807, 2.05) is 30.3 Å². The van der Waals surface area contributed by atoms with Crippen LogP contribution in [0, 0.1) is 0 Å².